The van der Waals surface area contributed by atoms with Crippen LogP contribution in [0, 0.1) is 5.92 Å². The number of rotatable bonds is 6. The molecular formula is C21H32N6O4S. The van der Waals surface area contributed by atoms with Crippen molar-refractivity contribution in [1.82, 2.24) is 29.6 Å². The monoisotopic (exact) mass is 464 g/mol. The zero-order valence-corrected chi connectivity index (χ0v) is 19.6. The molecule has 32 heavy (non-hydrogen) atoms. The molecule has 3 atom stereocenters. The van der Waals surface area contributed by atoms with Gasteiger partial charge in [-0.15, -0.1) is 5.10 Å². The summed E-state index contributed by atoms with van der Waals surface area (Å²) in [6.07, 6.45) is 3.38. The van der Waals surface area contributed by atoms with E-state index >= 15 is 0 Å². The Morgan fingerprint density at radius 1 is 1.25 bits per heavy atom. The fraction of sp³-hybridized carbons (Fsp3) is 0.762. The van der Waals surface area contributed by atoms with Crippen molar-refractivity contribution < 1.29 is 19.1 Å². The molecule has 3 unspecified atom stereocenters. The van der Waals surface area contributed by atoms with Crippen molar-refractivity contribution >= 4 is 29.3 Å². The van der Waals surface area contributed by atoms with Crippen LogP contribution in [0.2, 0.25) is 0 Å². The molecule has 176 valence electrons. The summed E-state index contributed by atoms with van der Waals surface area (Å²) < 4.78 is 8.75. The summed E-state index contributed by atoms with van der Waals surface area (Å²) >= 11 is 1.32. The number of esters is 1. The first kappa shape index (κ1) is 23.1. The average molecular weight is 465 g/mol. The minimum atomic E-state index is -0.209. The van der Waals surface area contributed by atoms with E-state index in [9.17, 15) is 14.4 Å². The van der Waals surface area contributed by atoms with Crippen molar-refractivity contribution in [1.29, 1.82) is 0 Å². The predicted octanol–water partition coefficient (Wildman–Crippen LogP) is 0.103. The quantitative estimate of drug-likeness (QED) is 0.591. The predicted molar refractivity (Wildman–Crippen MR) is 118 cm³/mol. The molecule has 3 aliphatic heterocycles. The number of likely N-dealkylation sites (tertiary alicyclic amines) is 2. The number of likely N-dealkylation sites (N-methyl/N-ethyl adjacent to an activating group) is 1. The number of carbonyl (C=O) groups excluding carboxylic acids is 3. The van der Waals surface area contributed by atoms with Gasteiger partial charge in [-0.3, -0.25) is 24.2 Å². The van der Waals surface area contributed by atoms with Crippen LogP contribution in [0.3, 0.4) is 0 Å². The summed E-state index contributed by atoms with van der Waals surface area (Å²) in [5, 5.41) is 9.15. The number of hydrogen-bond acceptors (Lipinski definition) is 9. The Hall–Kier alpha value is -2.11. The molecule has 11 heteroatoms. The molecule has 4 heterocycles. The number of methoxy groups -OCH3 is 1. The summed E-state index contributed by atoms with van der Waals surface area (Å²) in [7, 11) is 3.48. The maximum atomic E-state index is 12.9. The Labute approximate surface area is 192 Å². The zero-order valence-electron chi connectivity index (χ0n) is 18.7. The number of nitrogens with one attached hydrogen (secondary N) is 1. The molecule has 0 radical (unpaired) electrons. The molecule has 10 nitrogen and oxygen atoms in total. The number of carbonyl (C=O) groups is 3. The molecule has 1 N–H and O–H groups in total. The highest BCUT2D eigenvalue weighted by atomic mass is 32.1. The second kappa shape index (κ2) is 10.2. The summed E-state index contributed by atoms with van der Waals surface area (Å²) in [5.41, 5.74) is 0.897. The first-order valence-electron chi connectivity index (χ1n) is 11.3. The summed E-state index contributed by atoms with van der Waals surface area (Å²) in [4.78, 5) is 43.7. The van der Waals surface area contributed by atoms with Gasteiger partial charge in [0.05, 0.1) is 18.7 Å². The van der Waals surface area contributed by atoms with E-state index in [4.69, 9.17) is 4.74 Å². The smallest absolute Gasteiger partial charge is 0.308 e. The fourth-order valence-corrected chi connectivity index (χ4v) is 5.71. The van der Waals surface area contributed by atoms with Crippen LogP contribution in [0.1, 0.15) is 37.8 Å². The van der Waals surface area contributed by atoms with Crippen molar-refractivity contribution in [3.05, 3.63) is 11.1 Å². The Balaban J connectivity index is 1.30. The molecule has 0 aromatic carbocycles. The fourth-order valence-electron chi connectivity index (χ4n) is 5.27. The van der Waals surface area contributed by atoms with Crippen LogP contribution in [-0.2, 0) is 25.7 Å². The maximum Gasteiger partial charge on any atom is 0.308 e. The Bertz CT molecular complexity index is 813. The lowest BCUT2D eigenvalue weighted by Crippen LogP contribution is -2.49. The van der Waals surface area contributed by atoms with Crippen LogP contribution in [-0.4, -0.2) is 101 Å². The van der Waals surface area contributed by atoms with Gasteiger partial charge in [0.15, 0.2) is 0 Å². The van der Waals surface area contributed by atoms with E-state index in [2.05, 4.69) is 31.8 Å². The molecule has 0 aliphatic carbocycles. The Kier molecular flexibility index (Phi) is 7.37. The highest BCUT2D eigenvalue weighted by molar-refractivity contribution is 7.03. The molecule has 0 bridgehead atoms. The van der Waals surface area contributed by atoms with E-state index in [-0.39, 0.29) is 41.8 Å². The van der Waals surface area contributed by atoms with Crippen molar-refractivity contribution in [3.63, 3.8) is 0 Å². The number of amides is 2. The van der Waals surface area contributed by atoms with Crippen LogP contribution in [0.15, 0.2) is 5.38 Å². The molecule has 1 aromatic rings. The van der Waals surface area contributed by atoms with Crippen LogP contribution in [0.4, 0.5) is 0 Å². The molecule has 3 fully saturated rings. The van der Waals surface area contributed by atoms with Crippen LogP contribution >= 0.6 is 11.5 Å². The summed E-state index contributed by atoms with van der Waals surface area (Å²) in [5.74, 6) is -0.104. The van der Waals surface area contributed by atoms with Crippen molar-refractivity contribution in [2.24, 2.45) is 5.92 Å². The lowest BCUT2D eigenvalue weighted by atomic mass is 9.96. The highest BCUT2D eigenvalue weighted by Crippen LogP contribution is 2.28. The van der Waals surface area contributed by atoms with Gasteiger partial charge in [-0.05, 0) is 44.3 Å². The SMILES string of the molecule is COC(=O)C1CCN(C(=O)CCC2CNC(=O)C3C(CCN3Cc3csnn3)N2C)CC1. The van der Waals surface area contributed by atoms with Gasteiger partial charge in [0.1, 0.15) is 6.04 Å². The van der Waals surface area contributed by atoms with Crippen LogP contribution in [0.25, 0.3) is 0 Å². The highest BCUT2D eigenvalue weighted by Gasteiger charge is 2.45. The van der Waals surface area contributed by atoms with Gasteiger partial charge in [-0.25, -0.2) is 0 Å². The summed E-state index contributed by atoms with van der Waals surface area (Å²) in [6, 6.07) is 0.0335. The zero-order chi connectivity index (χ0) is 22.7. The third kappa shape index (κ3) is 4.94. The molecule has 3 saturated heterocycles. The van der Waals surface area contributed by atoms with Crippen molar-refractivity contribution in [2.45, 2.75) is 56.8 Å². The minimum Gasteiger partial charge on any atom is -0.469 e. The van der Waals surface area contributed by atoms with Gasteiger partial charge in [0.2, 0.25) is 11.8 Å². The largest absolute Gasteiger partial charge is 0.469 e. The van der Waals surface area contributed by atoms with Crippen molar-refractivity contribution in [3.8, 4) is 0 Å². The van der Waals surface area contributed by atoms with Gasteiger partial charge in [0, 0.05) is 56.6 Å². The number of piperidine rings is 1. The molecule has 2 amide bonds. The normalized spacial score (nSPS) is 27.6. The molecule has 0 saturated carbocycles. The molecule has 4 rings (SSSR count). The van der Waals surface area contributed by atoms with E-state index < -0.39 is 0 Å². The Morgan fingerprint density at radius 2 is 2.03 bits per heavy atom. The first-order valence-corrected chi connectivity index (χ1v) is 12.2. The van der Waals surface area contributed by atoms with E-state index in [0.29, 0.717) is 51.9 Å². The minimum absolute atomic E-state index is 0.0567. The Morgan fingerprint density at radius 3 is 2.72 bits per heavy atom. The molecular weight excluding hydrogens is 432 g/mol. The number of aromatic nitrogens is 2. The van der Waals surface area contributed by atoms with Gasteiger partial charge < -0.3 is 15.0 Å². The third-order valence-corrected chi connectivity index (χ3v) is 7.75. The van der Waals surface area contributed by atoms with E-state index in [1.54, 1.807) is 0 Å². The lowest BCUT2D eigenvalue weighted by molar-refractivity contribution is -0.149. The average Bonchev–Trinajstić information content (AvgIpc) is 3.46. The maximum absolute atomic E-state index is 12.9. The molecule has 1 aromatic heterocycles. The number of ether oxygens (including phenoxy) is 1. The van der Waals surface area contributed by atoms with E-state index in [1.807, 2.05) is 10.3 Å². The van der Waals surface area contributed by atoms with E-state index in [0.717, 1.165) is 18.7 Å². The number of nitrogens with zero attached hydrogens (tertiary/aromatic N) is 5. The van der Waals surface area contributed by atoms with Gasteiger partial charge >= 0.3 is 5.97 Å². The molecule has 0 spiro atoms. The number of hydrogen-bond donors (Lipinski definition) is 1. The third-order valence-electron chi connectivity index (χ3n) is 7.19. The van der Waals surface area contributed by atoms with Gasteiger partial charge in [-0.2, -0.15) is 0 Å². The standard InChI is InChI=1S/C21H32N6O4S/c1-25-16(3-4-18(28)26-8-5-14(6-9-26)21(30)31-2)11-22-20(29)19-17(25)7-10-27(19)12-15-13-32-24-23-15/h13-14,16-17,19H,3-12H2,1-2H3,(H,22,29). The second-order valence-electron chi connectivity index (χ2n) is 8.95. The second-order valence-corrected chi connectivity index (χ2v) is 9.56. The van der Waals surface area contributed by atoms with Gasteiger partial charge in [-0.1, -0.05) is 4.49 Å². The van der Waals surface area contributed by atoms with Gasteiger partial charge in [0.25, 0.3) is 0 Å². The van der Waals surface area contributed by atoms with Crippen molar-refractivity contribution in [2.75, 3.05) is 40.3 Å². The van der Waals surface area contributed by atoms with Crippen LogP contribution < -0.4 is 5.32 Å². The topological polar surface area (TPSA) is 108 Å². The first-order chi connectivity index (χ1) is 15.5. The number of fused-ring (bicyclic) bond motifs is 1. The van der Waals surface area contributed by atoms with Crippen LogP contribution in [0.5, 0.6) is 0 Å². The molecule has 3 aliphatic rings. The van der Waals surface area contributed by atoms with E-state index in [1.165, 1.54) is 18.6 Å². The lowest BCUT2D eigenvalue weighted by Gasteiger charge is -2.34. The summed E-state index contributed by atoms with van der Waals surface area (Å²) in [6.45, 7) is 3.21.